The van der Waals surface area contributed by atoms with Crippen LogP contribution in [0.4, 0.5) is 0 Å². The maximum absolute atomic E-state index is 11.3. The maximum atomic E-state index is 11.3. The van der Waals surface area contributed by atoms with Crippen molar-refractivity contribution in [1.82, 2.24) is 14.7 Å². The minimum absolute atomic E-state index is 0.142. The molecule has 6 heteroatoms. The SMILES string of the molecule is CC(O)C1C2CN(Cc3ccccc3)CC21CCCCC(CC12CN(Cc3ccccc3)CC1C2C(C)O)C12CN(Cc3ccccc3)CC1C2C(C)O. The fourth-order valence-corrected chi connectivity index (χ4v) is 14.2. The van der Waals surface area contributed by atoms with Crippen LogP contribution in [0.5, 0.6) is 0 Å². The van der Waals surface area contributed by atoms with Gasteiger partial charge in [-0.1, -0.05) is 104 Å². The largest absolute Gasteiger partial charge is 0.393 e. The molecule has 3 saturated carbocycles. The molecule has 0 bridgehead atoms. The Labute approximate surface area is 324 Å². The van der Waals surface area contributed by atoms with Crippen LogP contribution in [-0.2, 0) is 19.6 Å². The Morgan fingerprint density at radius 1 is 0.537 bits per heavy atom. The van der Waals surface area contributed by atoms with Crippen LogP contribution in [0.3, 0.4) is 0 Å². The third-order valence-electron chi connectivity index (χ3n) is 16.1. The van der Waals surface area contributed by atoms with Crippen molar-refractivity contribution in [1.29, 1.82) is 0 Å². The third kappa shape index (κ3) is 6.51. The summed E-state index contributed by atoms with van der Waals surface area (Å²) >= 11 is 0. The van der Waals surface area contributed by atoms with Gasteiger partial charge in [0.2, 0.25) is 0 Å². The summed E-state index contributed by atoms with van der Waals surface area (Å²) in [6.07, 6.45) is 5.18. The highest BCUT2D eigenvalue weighted by atomic mass is 16.3. The van der Waals surface area contributed by atoms with Crippen LogP contribution in [0.15, 0.2) is 91.0 Å². The van der Waals surface area contributed by atoms with Gasteiger partial charge in [-0.3, -0.25) is 14.7 Å². The van der Waals surface area contributed by atoms with Crippen molar-refractivity contribution in [2.45, 2.75) is 90.8 Å². The van der Waals surface area contributed by atoms with E-state index in [9.17, 15) is 15.3 Å². The molecule has 6 aliphatic rings. The van der Waals surface area contributed by atoms with E-state index < -0.39 is 0 Å². The number of fused-ring (bicyclic) bond motifs is 3. The summed E-state index contributed by atoms with van der Waals surface area (Å²) in [5.41, 5.74) is 4.70. The van der Waals surface area contributed by atoms with Crippen molar-refractivity contribution in [3.05, 3.63) is 108 Å². The number of aliphatic hydroxyl groups excluding tert-OH is 3. The number of likely N-dealkylation sites (tertiary alicyclic amines) is 3. The minimum Gasteiger partial charge on any atom is -0.393 e. The van der Waals surface area contributed by atoms with Gasteiger partial charge in [-0.05, 0) is 114 Å². The summed E-state index contributed by atoms with van der Waals surface area (Å²) < 4.78 is 0. The highest BCUT2D eigenvalue weighted by Crippen LogP contribution is 2.75. The van der Waals surface area contributed by atoms with Gasteiger partial charge in [0.25, 0.3) is 0 Å². The van der Waals surface area contributed by atoms with E-state index in [-0.39, 0.29) is 34.6 Å². The highest BCUT2D eigenvalue weighted by Gasteiger charge is 2.76. The normalized spacial score (nSPS) is 37.7. The Hall–Kier alpha value is -2.58. The van der Waals surface area contributed by atoms with E-state index in [2.05, 4.69) is 113 Å². The molecule has 3 saturated heterocycles. The number of aliphatic hydroxyl groups is 3. The quantitative estimate of drug-likeness (QED) is 0.131. The smallest absolute Gasteiger partial charge is 0.0549 e. The van der Waals surface area contributed by atoms with Gasteiger partial charge in [0.05, 0.1) is 18.3 Å². The molecule has 0 amide bonds. The molecule has 9 rings (SSSR count). The average molecular weight is 732 g/mol. The summed E-state index contributed by atoms with van der Waals surface area (Å²) in [5.74, 6) is 3.40. The number of unbranched alkanes of at least 4 members (excludes halogenated alkanes) is 1. The lowest BCUT2D eigenvalue weighted by molar-refractivity contribution is 0.0765. The Morgan fingerprint density at radius 3 is 1.46 bits per heavy atom. The topological polar surface area (TPSA) is 70.4 Å². The predicted molar refractivity (Wildman–Crippen MR) is 215 cm³/mol. The molecule has 3 aromatic carbocycles. The second kappa shape index (κ2) is 14.4. The van der Waals surface area contributed by atoms with E-state index in [0.29, 0.717) is 41.4 Å². The van der Waals surface area contributed by atoms with Crippen molar-refractivity contribution >= 4 is 0 Å². The first kappa shape index (κ1) is 37.0. The molecule has 3 aromatic rings. The molecule has 54 heavy (non-hydrogen) atoms. The number of hydrogen-bond donors (Lipinski definition) is 3. The van der Waals surface area contributed by atoms with Crippen LogP contribution >= 0.6 is 0 Å². The number of nitrogens with zero attached hydrogens (tertiary/aromatic N) is 3. The first-order chi connectivity index (χ1) is 26.1. The van der Waals surface area contributed by atoms with Gasteiger partial charge in [-0.25, -0.2) is 0 Å². The van der Waals surface area contributed by atoms with Crippen molar-refractivity contribution in [2.75, 3.05) is 39.3 Å². The summed E-state index contributed by atoms with van der Waals surface area (Å²) in [4.78, 5) is 8.01. The fourth-order valence-electron chi connectivity index (χ4n) is 14.2. The van der Waals surface area contributed by atoms with Crippen LogP contribution in [0.25, 0.3) is 0 Å². The van der Waals surface area contributed by atoms with Crippen molar-refractivity contribution in [2.24, 2.45) is 57.7 Å². The molecule has 290 valence electrons. The molecular formula is C48H65N3O3. The molecule has 3 aliphatic carbocycles. The lowest BCUT2D eigenvalue weighted by Gasteiger charge is -2.35. The van der Waals surface area contributed by atoms with Crippen LogP contribution in [0.1, 0.15) is 69.6 Å². The molecular weight excluding hydrogens is 667 g/mol. The molecule has 13 atom stereocenters. The number of benzene rings is 3. The van der Waals surface area contributed by atoms with Gasteiger partial charge >= 0.3 is 0 Å². The molecule has 0 aromatic heterocycles. The summed E-state index contributed by atoms with van der Waals surface area (Å²) in [7, 11) is 0. The lowest BCUT2D eigenvalue weighted by atomic mass is 9.74. The van der Waals surface area contributed by atoms with Gasteiger partial charge in [0.1, 0.15) is 0 Å². The Bertz CT molecular complexity index is 1720. The molecule has 0 spiro atoms. The van der Waals surface area contributed by atoms with Gasteiger partial charge in [-0.2, -0.15) is 0 Å². The summed E-state index contributed by atoms with van der Waals surface area (Å²) in [5, 5.41) is 33.4. The summed E-state index contributed by atoms with van der Waals surface area (Å²) in [6.45, 7) is 15.6. The maximum Gasteiger partial charge on any atom is 0.0549 e. The monoisotopic (exact) mass is 732 g/mol. The van der Waals surface area contributed by atoms with Gasteiger partial charge in [0.15, 0.2) is 0 Å². The Balaban J connectivity index is 0.933. The van der Waals surface area contributed by atoms with Crippen molar-refractivity contribution in [3.63, 3.8) is 0 Å². The third-order valence-corrected chi connectivity index (χ3v) is 16.1. The van der Waals surface area contributed by atoms with Crippen LogP contribution in [0.2, 0.25) is 0 Å². The van der Waals surface area contributed by atoms with Crippen LogP contribution in [0, 0.1) is 57.7 Å². The molecule has 3 heterocycles. The van der Waals surface area contributed by atoms with Crippen LogP contribution in [-0.4, -0.2) is 87.6 Å². The van der Waals surface area contributed by atoms with E-state index in [1.807, 2.05) is 13.8 Å². The number of piperidine rings is 3. The number of hydrogen-bond acceptors (Lipinski definition) is 6. The lowest BCUT2D eigenvalue weighted by Crippen LogP contribution is -2.36. The van der Waals surface area contributed by atoms with E-state index in [1.165, 1.54) is 48.8 Å². The van der Waals surface area contributed by atoms with Crippen molar-refractivity contribution < 1.29 is 15.3 Å². The second-order valence-corrected chi connectivity index (χ2v) is 19.3. The van der Waals surface area contributed by atoms with E-state index >= 15 is 0 Å². The zero-order chi connectivity index (χ0) is 37.2. The van der Waals surface area contributed by atoms with Gasteiger partial charge < -0.3 is 15.3 Å². The molecule has 0 radical (unpaired) electrons. The second-order valence-electron chi connectivity index (χ2n) is 19.3. The molecule has 3 N–H and O–H groups in total. The minimum atomic E-state index is -0.290. The van der Waals surface area contributed by atoms with Gasteiger partial charge in [0, 0.05) is 58.9 Å². The number of rotatable bonds is 17. The standard InChI is InChI=1S/C48H65N3O3/c1-33(52)43-40-27-49(24-36-15-7-4-8-16-36)30-46(40,43)22-14-13-21-39(48-32-51(26-38-19-11-6-12-20-38)29-42(48)45(48)35(3)54)23-47-31-50(25-37-17-9-5-10-18-37)28-41(47)44(47)34(2)53/h4-12,15-20,33-35,39-45,52-54H,13-14,21-32H2,1-3H3. The summed E-state index contributed by atoms with van der Waals surface area (Å²) in [6, 6.07) is 32.7. The first-order valence-corrected chi connectivity index (χ1v) is 21.5. The molecule has 13 unspecified atom stereocenters. The molecule has 3 aliphatic heterocycles. The molecule has 6 nitrogen and oxygen atoms in total. The Kier molecular flexibility index (Phi) is 9.88. The molecule has 6 fully saturated rings. The Morgan fingerprint density at radius 2 is 0.963 bits per heavy atom. The first-order valence-electron chi connectivity index (χ1n) is 21.5. The van der Waals surface area contributed by atoms with Gasteiger partial charge in [-0.15, -0.1) is 0 Å². The van der Waals surface area contributed by atoms with Crippen molar-refractivity contribution in [3.8, 4) is 0 Å². The zero-order valence-corrected chi connectivity index (χ0v) is 33.0. The van der Waals surface area contributed by atoms with Crippen LogP contribution < -0.4 is 0 Å². The average Bonchev–Trinajstić information content (AvgIpc) is 3.97. The van der Waals surface area contributed by atoms with E-state index in [1.54, 1.807) is 0 Å². The fraction of sp³-hybridized carbons (Fsp3) is 0.625. The van der Waals surface area contributed by atoms with E-state index in [0.717, 1.165) is 58.9 Å². The zero-order valence-electron chi connectivity index (χ0n) is 33.0. The van der Waals surface area contributed by atoms with E-state index in [4.69, 9.17) is 0 Å². The highest BCUT2D eigenvalue weighted by molar-refractivity contribution is 5.27. The predicted octanol–water partition coefficient (Wildman–Crippen LogP) is 6.94.